The molecule has 0 aliphatic rings. The van der Waals surface area contributed by atoms with Gasteiger partial charge in [-0.1, -0.05) is 52.9 Å². The van der Waals surface area contributed by atoms with E-state index in [0.29, 0.717) is 17.6 Å². The topological polar surface area (TPSA) is 29.5 Å². The molecule has 0 fully saturated rings. The van der Waals surface area contributed by atoms with Gasteiger partial charge in [-0.05, 0) is 5.56 Å². The molecule has 0 amide bonds. The van der Waals surface area contributed by atoms with Gasteiger partial charge < -0.3 is 9.84 Å². The summed E-state index contributed by atoms with van der Waals surface area (Å²) in [6.45, 7) is 0.992. The summed E-state index contributed by atoms with van der Waals surface area (Å²) in [5.41, 5.74) is 1.14. The molecule has 0 aliphatic heterocycles. The Hall–Kier alpha value is -0.130. The zero-order valence-electron chi connectivity index (χ0n) is 7.32. The molecule has 1 atom stereocenters. The highest BCUT2D eigenvalue weighted by molar-refractivity contribution is 14.1. The van der Waals surface area contributed by atoms with Crippen molar-refractivity contribution >= 4 is 22.6 Å². The Bertz CT molecular complexity index is 226. The van der Waals surface area contributed by atoms with Crippen LogP contribution in [0, 0.1) is 0 Å². The van der Waals surface area contributed by atoms with Crippen LogP contribution < -0.4 is 0 Å². The molecule has 0 heterocycles. The van der Waals surface area contributed by atoms with Gasteiger partial charge in [0, 0.05) is 4.43 Å². The second-order valence-corrected chi connectivity index (χ2v) is 3.69. The van der Waals surface area contributed by atoms with Gasteiger partial charge in [-0.2, -0.15) is 0 Å². The zero-order chi connectivity index (χ0) is 9.52. The van der Waals surface area contributed by atoms with Crippen LogP contribution in [0.1, 0.15) is 5.56 Å². The Balaban J connectivity index is 2.20. The Morgan fingerprint density at radius 2 is 2.00 bits per heavy atom. The van der Waals surface area contributed by atoms with Gasteiger partial charge in [-0.3, -0.25) is 0 Å². The lowest BCUT2D eigenvalue weighted by Gasteiger charge is -2.07. The molecule has 2 nitrogen and oxygen atoms in total. The molecule has 0 bridgehead atoms. The summed E-state index contributed by atoms with van der Waals surface area (Å²) in [7, 11) is 0. The average Bonchev–Trinajstić information content (AvgIpc) is 2.19. The number of rotatable bonds is 5. The fraction of sp³-hybridized carbons (Fsp3) is 0.400. The summed E-state index contributed by atoms with van der Waals surface area (Å²) >= 11 is 2.14. The number of hydrogen-bond donors (Lipinski definition) is 1. The molecule has 0 radical (unpaired) electrons. The molecule has 1 aromatic carbocycles. The number of benzene rings is 1. The molecular weight excluding hydrogens is 279 g/mol. The molecule has 0 saturated carbocycles. The van der Waals surface area contributed by atoms with E-state index in [1.807, 2.05) is 30.3 Å². The minimum Gasteiger partial charge on any atom is -0.390 e. The van der Waals surface area contributed by atoms with Crippen LogP contribution in [0.15, 0.2) is 30.3 Å². The van der Waals surface area contributed by atoms with Crippen molar-refractivity contribution < 1.29 is 9.84 Å². The van der Waals surface area contributed by atoms with E-state index in [9.17, 15) is 5.11 Å². The van der Waals surface area contributed by atoms with E-state index in [1.165, 1.54) is 0 Å². The lowest BCUT2D eigenvalue weighted by atomic mass is 10.2. The predicted octanol–water partition coefficient (Wildman–Crippen LogP) is 2.00. The maximum atomic E-state index is 9.20. The first kappa shape index (κ1) is 10.9. The van der Waals surface area contributed by atoms with Crippen molar-refractivity contribution in [3.8, 4) is 0 Å². The van der Waals surface area contributed by atoms with Gasteiger partial charge in [0.2, 0.25) is 0 Å². The van der Waals surface area contributed by atoms with Gasteiger partial charge in [0.15, 0.2) is 0 Å². The Morgan fingerprint density at radius 3 is 2.62 bits per heavy atom. The molecule has 1 rings (SSSR count). The number of halogens is 1. The summed E-state index contributed by atoms with van der Waals surface area (Å²) in [4.78, 5) is 0. The third-order valence-corrected chi connectivity index (χ3v) is 2.62. The smallest absolute Gasteiger partial charge is 0.0862 e. The van der Waals surface area contributed by atoms with Crippen LogP contribution in [0.5, 0.6) is 0 Å². The summed E-state index contributed by atoms with van der Waals surface area (Å²) < 4.78 is 6.03. The Morgan fingerprint density at radius 1 is 1.31 bits per heavy atom. The lowest BCUT2D eigenvalue weighted by molar-refractivity contribution is 0.0411. The highest BCUT2D eigenvalue weighted by Crippen LogP contribution is 2.01. The largest absolute Gasteiger partial charge is 0.390 e. The highest BCUT2D eigenvalue weighted by atomic mass is 127. The number of ether oxygens (including phenoxy) is 1. The molecule has 1 N–H and O–H groups in total. The van der Waals surface area contributed by atoms with Crippen LogP contribution in [0.25, 0.3) is 0 Å². The molecule has 1 aromatic rings. The third-order valence-electron chi connectivity index (χ3n) is 1.60. The van der Waals surface area contributed by atoms with Crippen molar-refractivity contribution in [3.63, 3.8) is 0 Å². The standard InChI is InChI=1S/C10H13IO2/c11-6-10(12)8-13-7-9-4-2-1-3-5-9/h1-5,10,12H,6-8H2/t10-/m0/s1. The van der Waals surface area contributed by atoms with Crippen molar-refractivity contribution in [3.05, 3.63) is 35.9 Å². The maximum Gasteiger partial charge on any atom is 0.0862 e. The van der Waals surface area contributed by atoms with Crippen molar-refractivity contribution in [1.82, 2.24) is 0 Å². The third kappa shape index (κ3) is 4.59. The van der Waals surface area contributed by atoms with E-state index < -0.39 is 0 Å². The summed E-state index contributed by atoms with van der Waals surface area (Å²) in [5.74, 6) is 0. The maximum absolute atomic E-state index is 9.20. The van der Waals surface area contributed by atoms with Crippen molar-refractivity contribution in [2.45, 2.75) is 12.7 Å². The van der Waals surface area contributed by atoms with Crippen LogP contribution in [-0.2, 0) is 11.3 Å². The van der Waals surface area contributed by atoms with Gasteiger partial charge in [-0.15, -0.1) is 0 Å². The summed E-state index contributed by atoms with van der Waals surface area (Å²) in [6.07, 6.45) is -0.343. The average molecular weight is 292 g/mol. The first-order chi connectivity index (χ1) is 6.33. The molecule has 0 unspecified atom stereocenters. The van der Waals surface area contributed by atoms with E-state index in [2.05, 4.69) is 22.6 Å². The molecule has 3 heteroatoms. The zero-order valence-corrected chi connectivity index (χ0v) is 9.48. The van der Waals surface area contributed by atoms with Gasteiger partial charge in [-0.25, -0.2) is 0 Å². The van der Waals surface area contributed by atoms with E-state index >= 15 is 0 Å². The first-order valence-corrected chi connectivity index (χ1v) is 5.71. The molecular formula is C10H13IO2. The van der Waals surface area contributed by atoms with E-state index in [0.717, 1.165) is 5.56 Å². The van der Waals surface area contributed by atoms with E-state index in [-0.39, 0.29) is 6.10 Å². The molecule has 0 aromatic heterocycles. The van der Waals surface area contributed by atoms with Crippen molar-refractivity contribution in [1.29, 1.82) is 0 Å². The van der Waals surface area contributed by atoms with Crippen molar-refractivity contribution in [2.24, 2.45) is 0 Å². The number of aliphatic hydroxyl groups excluding tert-OH is 1. The fourth-order valence-corrected chi connectivity index (χ4v) is 1.19. The number of hydrogen-bond acceptors (Lipinski definition) is 2. The van der Waals surface area contributed by atoms with Crippen LogP contribution in [0.2, 0.25) is 0 Å². The SMILES string of the molecule is O[C@@H](CI)COCc1ccccc1. The molecule has 0 aliphatic carbocycles. The van der Waals surface area contributed by atoms with Gasteiger partial charge in [0.05, 0.1) is 19.3 Å². The normalized spacial score (nSPS) is 12.8. The predicted molar refractivity (Wildman–Crippen MR) is 61.0 cm³/mol. The summed E-state index contributed by atoms with van der Waals surface area (Å²) in [5, 5.41) is 9.20. The van der Waals surface area contributed by atoms with E-state index in [4.69, 9.17) is 4.74 Å². The number of aliphatic hydroxyl groups is 1. The Kier molecular flexibility index (Phi) is 5.34. The van der Waals surface area contributed by atoms with Gasteiger partial charge >= 0.3 is 0 Å². The number of alkyl halides is 1. The molecule has 0 spiro atoms. The fourth-order valence-electron chi connectivity index (χ4n) is 0.932. The minimum atomic E-state index is -0.343. The van der Waals surface area contributed by atoms with Gasteiger partial charge in [0.1, 0.15) is 0 Å². The minimum absolute atomic E-state index is 0.343. The second-order valence-electron chi connectivity index (χ2n) is 2.81. The Labute approximate surface area is 92.1 Å². The van der Waals surface area contributed by atoms with Crippen molar-refractivity contribution in [2.75, 3.05) is 11.0 Å². The monoisotopic (exact) mass is 292 g/mol. The summed E-state index contributed by atoms with van der Waals surface area (Å²) in [6, 6.07) is 9.96. The van der Waals surface area contributed by atoms with Crippen LogP contribution >= 0.6 is 22.6 Å². The van der Waals surface area contributed by atoms with Crippen LogP contribution in [0.3, 0.4) is 0 Å². The quantitative estimate of drug-likeness (QED) is 0.664. The second kappa shape index (κ2) is 6.34. The van der Waals surface area contributed by atoms with Crippen LogP contribution in [-0.4, -0.2) is 22.2 Å². The van der Waals surface area contributed by atoms with Crippen LogP contribution in [0.4, 0.5) is 0 Å². The molecule has 72 valence electrons. The lowest BCUT2D eigenvalue weighted by Crippen LogP contribution is -2.16. The van der Waals surface area contributed by atoms with E-state index in [1.54, 1.807) is 0 Å². The first-order valence-electron chi connectivity index (χ1n) is 4.18. The molecule has 0 saturated heterocycles. The highest BCUT2D eigenvalue weighted by Gasteiger charge is 2.00. The van der Waals surface area contributed by atoms with Gasteiger partial charge in [0.25, 0.3) is 0 Å². The molecule has 13 heavy (non-hydrogen) atoms.